The zero-order chi connectivity index (χ0) is 29.7. The van der Waals surface area contributed by atoms with Gasteiger partial charge in [-0.25, -0.2) is 0 Å². The predicted octanol–water partition coefficient (Wildman–Crippen LogP) is -0.402. The first-order valence-electron chi connectivity index (χ1n) is 11.9. The first-order chi connectivity index (χ1) is 17.8. The molecule has 0 radical (unpaired) electrons. The molecule has 1 saturated carbocycles. The van der Waals surface area contributed by atoms with Crippen molar-refractivity contribution in [3.05, 3.63) is 49.8 Å². The van der Waals surface area contributed by atoms with E-state index < -0.39 is 103 Å². The number of phenolic OH excluding ortho intramolecular Hbond substituents is 1. The number of hydrogen-bond donors (Lipinski definition) is 7. The van der Waals surface area contributed by atoms with Crippen LogP contribution in [0.5, 0.6) is 5.75 Å². The summed E-state index contributed by atoms with van der Waals surface area (Å²) in [6, 6.07) is -2.06. The fourth-order valence-electron chi connectivity index (χ4n) is 6.19. The van der Waals surface area contributed by atoms with Gasteiger partial charge in [0.15, 0.2) is 11.4 Å². The van der Waals surface area contributed by atoms with Crippen molar-refractivity contribution in [1.82, 2.24) is 4.90 Å². The molecule has 39 heavy (non-hydrogen) atoms. The largest absolute Gasteiger partial charge is 0.508 e. The summed E-state index contributed by atoms with van der Waals surface area (Å²) >= 11 is 0. The van der Waals surface area contributed by atoms with Crippen LogP contribution in [0, 0.1) is 22.0 Å². The van der Waals surface area contributed by atoms with Crippen molar-refractivity contribution in [3.8, 4) is 5.75 Å². The van der Waals surface area contributed by atoms with E-state index in [2.05, 4.69) is 0 Å². The lowest BCUT2D eigenvalue weighted by Gasteiger charge is -2.53. The van der Waals surface area contributed by atoms with Crippen molar-refractivity contribution >= 4 is 28.9 Å². The number of nitrogens with zero attached hydrogens (tertiary/aromatic N) is 2. The molecule has 0 bridgehead atoms. The molecular formula is C25H30N4O10. The molecule has 0 spiro atoms. The summed E-state index contributed by atoms with van der Waals surface area (Å²) in [4.78, 5) is 51.8. The molecule has 1 amide bonds. The maximum atomic E-state index is 14.0. The lowest BCUT2D eigenvalue weighted by Crippen LogP contribution is -2.70. The fraction of sp³-hybridized carbons (Fsp3) is 0.480. The second kappa shape index (κ2) is 8.58. The molecule has 3 aliphatic rings. The van der Waals surface area contributed by atoms with Crippen LogP contribution in [0.25, 0.3) is 5.76 Å². The minimum Gasteiger partial charge on any atom is -0.508 e. The summed E-state index contributed by atoms with van der Waals surface area (Å²) in [6.07, 6.45) is -1.97. The van der Waals surface area contributed by atoms with E-state index in [1.165, 1.54) is 19.0 Å². The molecule has 0 heterocycles. The Hall–Kier alpha value is -3.85. The molecule has 1 aromatic rings. The third-order valence-corrected chi connectivity index (χ3v) is 7.93. The maximum absolute atomic E-state index is 14.0. The number of nitro benzene ring substituents is 1. The highest BCUT2D eigenvalue weighted by Crippen LogP contribution is 2.57. The highest BCUT2D eigenvalue weighted by Gasteiger charge is 2.68. The average Bonchev–Trinajstić information content (AvgIpc) is 2.79. The van der Waals surface area contributed by atoms with Crippen LogP contribution in [0.15, 0.2) is 23.0 Å². The summed E-state index contributed by atoms with van der Waals surface area (Å²) < 4.78 is 0. The number of carbonyl (C=O) groups excluding carboxylic acids is 3. The van der Waals surface area contributed by atoms with Crippen molar-refractivity contribution < 1.29 is 44.8 Å². The van der Waals surface area contributed by atoms with Crippen molar-refractivity contribution in [2.45, 2.75) is 50.0 Å². The van der Waals surface area contributed by atoms with Crippen LogP contribution in [0.4, 0.5) is 5.69 Å². The zero-order valence-electron chi connectivity index (χ0n) is 21.8. The Balaban J connectivity index is 2.14. The highest BCUT2D eigenvalue weighted by atomic mass is 16.6. The maximum Gasteiger partial charge on any atom is 0.275 e. The van der Waals surface area contributed by atoms with Crippen LogP contribution in [0.3, 0.4) is 0 Å². The fourth-order valence-corrected chi connectivity index (χ4v) is 6.19. The standard InChI is InChI=1S/C25H30N4O10/c1-24(2,3)7-6-8(29(38)39)9-11(17(7)30)18(31)12-10(15(9)26)19(32)14-16(28(4)5)20(33)13(23(27)36)22(35)25(14,37)21(12)34/h6,10,14-16,19,30-32,35,37H,26H2,1-5H3,(H2,27,36)/t10-,14+,15-,16-,19-,25-/m0/s1. The van der Waals surface area contributed by atoms with Gasteiger partial charge in [-0.2, -0.15) is 0 Å². The molecule has 210 valence electrons. The van der Waals surface area contributed by atoms with Crippen molar-refractivity contribution in [1.29, 1.82) is 0 Å². The molecule has 6 atom stereocenters. The number of nitrogens with two attached hydrogens (primary N) is 2. The molecule has 0 saturated heterocycles. The lowest BCUT2D eigenvalue weighted by molar-refractivity contribution is -0.386. The van der Waals surface area contributed by atoms with Gasteiger partial charge in [0, 0.05) is 29.2 Å². The number of nitro groups is 1. The van der Waals surface area contributed by atoms with Gasteiger partial charge in [-0.15, -0.1) is 0 Å². The number of amides is 1. The van der Waals surface area contributed by atoms with E-state index in [0.29, 0.717) is 0 Å². The number of ketones is 2. The molecule has 1 aromatic carbocycles. The SMILES string of the molecule is CN(C)[C@@H]1C(=O)C(C(N)=O)=C(O)[C@@]2(O)C(=O)C3=C(O)c4c(O)c(C(C)(C)C)cc([N+](=O)[O-])c4[C@H](N)[C@H]3[C@H](O)[C@@H]12. The summed E-state index contributed by atoms with van der Waals surface area (Å²) in [5.41, 5.74) is 4.45. The monoisotopic (exact) mass is 546 g/mol. The second-order valence-corrected chi connectivity index (χ2v) is 11.4. The van der Waals surface area contributed by atoms with Gasteiger partial charge < -0.3 is 37.0 Å². The molecule has 4 rings (SSSR count). The molecule has 3 aliphatic carbocycles. The quantitative estimate of drug-likeness (QED) is 0.145. The second-order valence-electron chi connectivity index (χ2n) is 11.4. The van der Waals surface area contributed by atoms with Gasteiger partial charge in [-0.1, -0.05) is 20.8 Å². The summed E-state index contributed by atoms with van der Waals surface area (Å²) in [7, 11) is 2.72. The van der Waals surface area contributed by atoms with Crippen LogP contribution < -0.4 is 11.5 Å². The first-order valence-corrected chi connectivity index (χ1v) is 11.9. The molecular weight excluding hydrogens is 516 g/mol. The third kappa shape index (κ3) is 3.52. The smallest absolute Gasteiger partial charge is 0.275 e. The van der Waals surface area contributed by atoms with Gasteiger partial charge >= 0.3 is 0 Å². The van der Waals surface area contributed by atoms with Gasteiger partial charge in [0.2, 0.25) is 5.78 Å². The number of benzene rings is 1. The molecule has 14 heteroatoms. The molecule has 0 aromatic heterocycles. The molecule has 0 aliphatic heterocycles. The van der Waals surface area contributed by atoms with E-state index in [4.69, 9.17) is 11.5 Å². The Bertz CT molecular complexity index is 1420. The number of phenols is 1. The zero-order valence-corrected chi connectivity index (χ0v) is 21.8. The van der Waals surface area contributed by atoms with E-state index in [1.807, 2.05) is 0 Å². The van der Waals surface area contributed by atoms with E-state index in [1.54, 1.807) is 20.8 Å². The number of aromatic hydroxyl groups is 1. The van der Waals surface area contributed by atoms with Gasteiger partial charge in [0.1, 0.15) is 22.8 Å². The van der Waals surface area contributed by atoms with E-state index in [9.17, 15) is 50.0 Å². The molecule has 14 nitrogen and oxygen atoms in total. The van der Waals surface area contributed by atoms with Crippen LogP contribution in [-0.4, -0.2) is 84.7 Å². The third-order valence-electron chi connectivity index (χ3n) is 7.93. The van der Waals surface area contributed by atoms with E-state index in [-0.39, 0.29) is 11.1 Å². The van der Waals surface area contributed by atoms with Crippen LogP contribution in [0.1, 0.15) is 43.5 Å². The van der Waals surface area contributed by atoms with Gasteiger partial charge in [0.25, 0.3) is 11.6 Å². The topological polar surface area (TPSA) is 251 Å². The summed E-state index contributed by atoms with van der Waals surface area (Å²) in [5.74, 6) is -10.4. The van der Waals surface area contributed by atoms with E-state index in [0.717, 1.165) is 6.07 Å². The lowest BCUT2D eigenvalue weighted by atomic mass is 9.55. The number of rotatable bonds is 3. The number of likely N-dealkylation sites (N-methyl/N-ethyl adjacent to an activating group) is 1. The van der Waals surface area contributed by atoms with Crippen molar-refractivity contribution in [3.63, 3.8) is 0 Å². The Morgan fingerprint density at radius 3 is 2.21 bits per heavy atom. The Morgan fingerprint density at radius 2 is 1.74 bits per heavy atom. The minimum atomic E-state index is -3.12. The number of fused-ring (bicyclic) bond motifs is 3. The Morgan fingerprint density at radius 1 is 1.18 bits per heavy atom. The van der Waals surface area contributed by atoms with Crippen molar-refractivity contribution in [2.24, 2.45) is 23.3 Å². The van der Waals surface area contributed by atoms with Crippen LogP contribution in [0.2, 0.25) is 0 Å². The minimum absolute atomic E-state index is 0.0424. The molecule has 9 N–H and O–H groups in total. The average molecular weight is 547 g/mol. The number of carbonyl (C=O) groups is 3. The number of primary amides is 1. The molecule has 1 fully saturated rings. The summed E-state index contributed by atoms with van der Waals surface area (Å²) in [6.45, 7) is 4.93. The van der Waals surface area contributed by atoms with Gasteiger partial charge in [-0.05, 0) is 19.5 Å². The van der Waals surface area contributed by atoms with Crippen LogP contribution in [-0.2, 0) is 19.8 Å². The summed E-state index contributed by atoms with van der Waals surface area (Å²) in [5, 5.41) is 68.7. The first kappa shape index (κ1) is 28.2. The number of aliphatic hydroxyl groups is 4. The molecule has 0 unspecified atom stereocenters. The van der Waals surface area contributed by atoms with Gasteiger partial charge in [0.05, 0.1) is 34.1 Å². The van der Waals surface area contributed by atoms with Crippen LogP contribution >= 0.6 is 0 Å². The number of aliphatic hydroxyl groups excluding tert-OH is 3. The number of hydrogen-bond acceptors (Lipinski definition) is 12. The van der Waals surface area contributed by atoms with Gasteiger partial charge in [-0.3, -0.25) is 29.4 Å². The highest BCUT2D eigenvalue weighted by molar-refractivity contribution is 6.24. The van der Waals surface area contributed by atoms with E-state index >= 15 is 0 Å². The predicted molar refractivity (Wildman–Crippen MR) is 134 cm³/mol. The van der Waals surface area contributed by atoms with Crippen molar-refractivity contribution in [2.75, 3.05) is 14.1 Å². The normalized spacial score (nSPS) is 30.7. The Kier molecular flexibility index (Phi) is 6.19. The number of Topliss-reactive ketones (excluding diaryl/α,β-unsaturated/α-hetero) is 2. The Labute approximate surface area is 222 Å².